The molecule has 0 spiro atoms. The molecule has 0 aliphatic rings. The molecular weight excluding hydrogens is 273 g/mol. The van der Waals surface area contributed by atoms with Crippen LogP contribution in [-0.4, -0.2) is 26.3 Å². The highest BCUT2D eigenvalue weighted by Crippen LogP contribution is 2.46. The molecule has 0 aromatic heterocycles. The Kier molecular flexibility index (Phi) is 4.24. The van der Waals surface area contributed by atoms with Crippen LogP contribution in [0.25, 0.3) is 0 Å². The third kappa shape index (κ3) is 2.73. The number of methoxy groups -OCH3 is 2. The summed E-state index contributed by atoms with van der Waals surface area (Å²) in [5, 5.41) is 0. The van der Waals surface area contributed by atoms with Crippen LogP contribution in [0, 0.1) is 0 Å². The fraction of sp³-hybridized carbons (Fsp3) is 0.455. The Morgan fingerprint density at radius 1 is 1.05 bits per heavy atom. The van der Waals surface area contributed by atoms with Crippen molar-refractivity contribution in [1.82, 2.24) is 0 Å². The third-order valence-electron chi connectivity index (χ3n) is 2.54. The van der Waals surface area contributed by atoms with Gasteiger partial charge in [-0.2, -0.15) is 22.0 Å². The molecule has 0 saturated heterocycles. The van der Waals surface area contributed by atoms with Crippen LogP contribution >= 0.6 is 0 Å². The molecule has 1 aromatic rings. The lowest BCUT2D eigenvalue weighted by atomic mass is 9.99. The van der Waals surface area contributed by atoms with Crippen LogP contribution in [-0.2, 0) is 0 Å². The predicted octanol–water partition coefficient (Wildman–Crippen LogP) is 2.90. The van der Waals surface area contributed by atoms with E-state index in [9.17, 15) is 22.0 Å². The SMILES string of the molecule is COc1cccc([C@H](N)C(F)(F)C(F)(F)F)c1OC. The molecule has 19 heavy (non-hydrogen) atoms. The number of nitrogens with two attached hydrogens (primary N) is 1. The van der Waals surface area contributed by atoms with E-state index in [0.717, 1.165) is 13.2 Å². The second kappa shape index (κ2) is 5.20. The lowest BCUT2D eigenvalue weighted by molar-refractivity contribution is -0.291. The number of rotatable bonds is 4. The number of hydrogen-bond acceptors (Lipinski definition) is 3. The Morgan fingerprint density at radius 3 is 2.05 bits per heavy atom. The van der Waals surface area contributed by atoms with E-state index in [0.29, 0.717) is 0 Å². The van der Waals surface area contributed by atoms with Crippen LogP contribution in [0.3, 0.4) is 0 Å². The van der Waals surface area contributed by atoms with Crippen molar-refractivity contribution in [3.8, 4) is 11.5 Å². The van der Waals surface area contributed by atoms with Gasteiger partial charge in [0.2, 0.25) is 0 Å². The Labute approximate surface area is 106 Å². The maximum Gasteiger partial charge on any atom is 0.455 e. The number of ether oxygens (including phenoxy) is 2. The van der Waals surface area contributed by atoms with Crippen molar-refractivity contribution in [3.05, 3.63) is 23.8 Å². The van der Waals surface area contributed by atoms with E-state index in [1.54, 1.807) is 0 Å². The zero-order valence-electron chi connectivity index (χ0n) is 10.1. The first-order valence-corrected chi connectivity index (χ1v) is 5.07. The molecule has 1 aromatic carbocycles. The van der Waals surface area contributed by atoms with Crippen molar-refractivity contribution in [3.63, 3.8) is 0 Å². The Morgan fingerprint density at radius 2 is 1.63 bits per heavy atom. The highest BCUT2D eigenvalue weighted by atomic mass is 19.4. The minimum Gasteiger partial charge on any atom is -0.493 e. The van der Waals surface area contributed by atoms with Gasteiger partial charge in [-0.1, -0.05) is 12.1 Å². The van der Waals surface area contributed by atoms with Crippen molar-refractivity contribution in [2.24, 2.45) is 5.73 Å². The molecule has 0 fully saturated rings. The van der Waals surface area contributed by atoms with Gasteiger partial charge in [-0.3, -0.25) is 0 Å². The first kappa shape index (κ1) is 15.5. The van der Waals surface area contributed by atoms with Gasteiger partial charge in [0.15, 0.2) is 11.5 Å². The molecule has 0 bridgehead atoms. The summed E-state index contributed by atoms with van der Waals surface area (Å²) < 4.78 is 72.9. The summed E-state index contributed by atoms with van der Waals surface area (Å²) in [5.41, 5.74) is 4.57. The highest BCUT2D eigenvalue weighted by Gasteiger charge is 2.62. The van der Waals surface area contributed by atoms with E-state index in [1.807, 2.05) is 0 Å². The van der Waals surface area contributed by atoms with Crippen LogP contribution < -0.4 is 15.2 Å². The number of hydrogen-bond donors (Lipinski definition) is 1. The van der Waals surface area contributed by atoms with E-state index in [2.05, 4.69) is 0 Å². The van der Waals surface area contributed by atoms with Crippen molar-refractivity contribution in [2.45, 2.75) is 18.1 Å². The van der Waals surface area contributed by atoms with Crippen molar-refractivity contribution >= 4 is 0 Å². The van der Waals surface area contributed by atoms with E-state index >= 15 is 0 Å². The smallest absolute Gasteiger partial charge is 0.455 e. The third-order valence-corrected chi connectivity index (χ3v) is 2.54. The molecule has 0 heterocycles. The molecule has 0 aliphatic carbocycles. The fourth-order valence-corrected chi connectivity index (χ4v) is 1.53. The highest BCUT2D eigenvalue weighted by molar-refractivity contribution is 5.48. The van der Waals surface area contributed by atoms with Gasteiger partial charge in [-0.05, 0) is 6.07 Å². The van der Waals surface area contributed by atoms with Gasteiger partial charge in [0.05, 0.1) is 14.2 Å². The van der Waals surface area contributed by atoms with E-state index < -0.39 is 23.7 Å². The van der Waals surface area contributed by atoms with Gasteiger partial charge in [-0.15, -0.1) is 0 Å². The molecule has 108 valence electrons. The fourth-order valence-electron chi connectivity index (χ4n) is 1.53. The largest absolute Gasteiger partial charge is 0.493 e. The summed E-state index contributed by atoms with van der Waals surface area (Å²) in [6, 6.07) is 1.06. The summed E-state index contributed by atoms with van der Waals surface area (Å²) in [6.45, 7) is 0. The van der Waals surface area contributed by atoms with Gasteiger partial charge >= 0.3 is 12.1 Å². The number of halogens is 5. The monoisotopic (exact) mass is 285 g/mol. The molecule has 2 N–H and O–H groups in total. The van der Waals surface area contributed by atoms with Gasteiger partial charge in [0.25, 0.3) is 0 Å². The summed E-state index contributed by atoms with van der Waals surface area (Å²) in [5.74, 6) is -5.30. The van der Waals surface area contributed by atoms with E-state index in [1.165, 1.54) is 19.2 Å². The number of benzene rings is 1. The molecule has 3 nitrogen and oxygen atoms in total. The Hall–Kier alpha value is -1.57. The standard InChI is InChI=1S/C11H12F5NO2/c1-18-7-5-3-4-6(8(7)19-2)9(17)10(12,13)11(14,15)16/h3-5,9H,17H2,1-2H3/t9-/m0/s1. The van der Waals surface area contributed by atoms with E-state index in [-0.39, 0.29) is 11.5 Å². The van der Waals surface area contributed by atoms with Gasteiger partial charge in [-0.25, -0.2) is 0 Å². The summed E-state index contributed by atoms with van der Waals surface area (Å²) >= 11 is 0. The molecule has 0 unspecified atom stereocenters. The number of para-hydroxylation sites is 1. The van der Waals surface area contributed by atoms with Crippen LogP contribution in [0.4, 0.5) is 22.0 Å². The normalized spacial score (nSPS) is 14.1. The molecule has 1 rings (SSSR count). The average Bonchev–Trinajstić information content (AvgIpc) is 2.35. The maximum absolute atomic E-state index is 13.2. The lowest BCUT2D eigenvalue weighted by Gasteiger charge is -2.27. The molecule has 0 amide bonds. The lowest BCUT2D eigenvalue weighted by Crippen LogP contribution is -2.45. The Balaban J connectivity index is 3.31. The quantitative estimate of drug-likeness (QED) is 0.865. The summed E-state index contributed by atoms with van der Waals surface area (Å²) in [6.07, 6.45) is -5.75. The molecule has 1 atom stereocenters. The van der Waals surface area contributed by atoms with Crippen molar-refractivity contribution in [2.75, 3.05) is 14.2 Å². The van der Waals surface area contributed by atoms with Gasteiger partial charge in [0.1, 0.15) is 6.04 Å². The second-order valence-corrected chi connectivity index (χ2v) is 3.68. The molecular formula is C11H12F5NO2. The summed E-state index contributed by atoms with van der Waals surface area (Å²) in [7, 11) is 2.36. The molecule has 0 radical (unpaired) electrons. The van der Waals surface area contributed by atoms with Gasteiger partial charge in [0, 0.05) is 5.56 Å². The molecule has 8 heteroatoms. The van der Waals surface area contributed by atoms with Crippen LogP contribution in [0.5, 0.6) is 11.5 Å². The minimum atomic E-state index is -5.75. The first-order valence-electron chi connectivity index (χ1n) is 5.07. The second-order valence-electron chi connectivity index (χ2n) is 3.68. The zero-order chi connectivity index (χ0) is 14.8. The zero-order valence-corrected chi connectivity index (χ0v) is 10.1. The first-order chi connectivity index (χ1) is 8.66. The van der Waals surface area contributed by atoms with E-state index in [4.69, 9.17) is 15.2 Å². The molecule has 0 aliphatic heterocycles. The number of alkyl halides is 5. The van der Waals surface area contributed by atoms with Crippen LogP contribution in [0.1, 0.15) is 11.6 Å². The van der Waals surface area contributed by atoms with Crippen molar-refractivity contribution in [1.29, 1.82) is 0 Å². The Bertz CT molecular complexity index is 447. The van der Waals surface area contributed by atoms with Crippen molar-refractivity contribution < 1.29 is 31.4 Å². The predicted molar refractivity (Wildman–Crippen MR) is 57.5 cm³/mol. The minimum absolute atomic E-state index is 0.0217. The maximum atomic E-state index is 13.2. The van der Waals surface area contributed by atoms with Crippen LogP contribution in [0.15, 0.2) is 18.2 Å². The topological polar surface area (TPSA) is 44.5 Å². The molecule has 0 saturated carbocycles. The van der Waals surface area contributed by atoms with Crippen LogP contribution in [0.2, 0.25) is 0 Å². The summed E-state index contributed by atoms with van der Waals surface area (Å²) in [4.78, 5) is 0. The van der Waals surface area contributed by atoms with Gasteiger partial charge < -0.3 is 15.2 Å². The average molecular weight is 285 g/mol.